The van der Waals surface area contributed by atoms with Crippen LogP contribution in [0.2, 0.25) is 10.0 Å². The van der Waals surface area contributed by atoms with E-state index < -0.39 is 6.09 Å². The Labute approximate surface area is 184 Å². The van der Waals surface area contributed by atoms with E-state index in [1.807, 2.05) is 6.07 Å². The lowest BCUT2D eigenvalue weighted by Crippen LogP contribution is -2.55. The molecule has 0 aliphatic carbocycles. The number of hydrogen-bond donors (Lipinski definition) is 2. The third kappa shape index (κ3) is 3.78. The molecule has 1 amide bonds. The first-order valence-corrected chi connectivity index (χ1v) is 10.3. The molecule has 0 aromatic heterocycles. The number of piperazine rings is 1. The molecular weight excluding hydrogens is 431 g/mol. The second-order valence-corrected chi connectivity index (χ2v) is 8.23. The zero-order valence-electron chi connectivity index (χ0n) is 16.4. The fraction of sp³-hybridized carbons (Fsp3) is 0.381. The number of hydrogen-bond acceptors (Lipinski definition) is 5. The lowest BCUT2D eigenvalue weighted by Gasteiger charge is -2.38. The number of benzene rings is 2. The largest absolute Gasteiger partial charge is 0.507 e. The highest BCUT2D eigenvalue weighted by atomic mass is 35.5. The van der Waals surface area contributed by atoms with Crippen LogP contribution in [0.5, 0.6) is 11.5 Å². The van der Waals surface area contributed by atoms with E-state index in [9.17, 15) is 15.0 Å². The SMILES string of the molecule is COCc1cc2c(c(Cl)c1-c1c(O)cccc1Cl)OC[C@H]1CN(C(=O)O)CCN1C2. The van der Waals surface area contributed by atoms with Crippen molar-refractivity contribution in [3.8, 4) is 22.6 Å². The van der Waals surface area contributed by atoms with E-state index in [1.165, 1.54) is 4.90 Å². The van der Waals surface area contributed by atoms with Crippen molar-refractivity contribution >= 4 is 29.3 Å². The number of methoxy groups -OCH3 is 1. The lowest BCUT2D eigenvalue weighted by atomic mass is 9.95. The smallest absolute Gasteiger partial charge is 0.407 e. The van der Waals surface area contributed by atoms with Gasteiger partial charge in [0.2, 0.25) is 0 Å². The van der Waals surface area contributed by atoms with Gasteiger partial charge in [-0.1, -0.05) is 29.3 Å². The number of ether oxygens (including phenoxy) is 2. The number of nitrogens with zero attached hydrogens (tertiary/aromatic N) is 2. The van der Waals surface area contributed by atoms with Gasteiger partial charge in [-0.05, 0) is 23.8 Å². The molecule has 30 heavy (non-hydrogen) atoms. The third-order valence-corrected chi connectivity index (χ3v) is 6.27. The van der Waals surface area contributed by atoms with E-state index in [2.05, 4.69) is 4.90 Å². The third-order valence-electron chi connectivity index (χ3n) is 5.59. The maximum atomic E-state index is 11.4. The summed E-state index contributed by atoms with van der Waals surface area (Å²) in [5.74, 6) is 0.548. The summed E-state index contributed by atoms with van der Waals surface area (Å²) in [5, 5.41) is 20.5. The molecule has 0 unspecified atom stereocenters. The van der Waals surface area contributed by atoms with Crippen LogP contribution in [-0.2, 0) is 17.9 Å². The van der Waals surface area contributed by atoms with E-state index in [0.29, 0.717) is 59.7 Å². The molecule has 1 atom stereocenters. The average Bonchev–Trinajstić information content (AvgIpc) is 2.88. The second-order valence-electron chi connectivity index (χ2n) is 7.44. The van der Waals surface area contributed by atoms with Crippen LogP contribution in [0.4, 0.5) is 4.79 Å². The Balaban J connectivity index is 1.78. The molecule has 9 heteroatoms. The van der Waals surface area contributed by atoms with E-state index >= 15 is 0 Å². The van der Waals surface area contributed by atoms with Gasteiger partial charge in [0.15, 0.2) is 0 Å². The number of amides is 1. The van der Waals surface area contributed by atoms with Gasteiger partial charge in [-0.15, -0.1) is 0 Å². The van der Waals surface area contributed by atoms with Crippen molar-refractivity contribution in [3.05, 3.63) is 45.4 Å². The molecule has 0 radical (unpaired) electrons. The van der Waals surface area contributed by atoms with Crippen molar-refractivity contribution in [1.82, 2.24) is 9.80 Å². The van der Waals surface area contributed by atoms with E-state index in [-0.39, 0.29) is 18.4 Å². The topological polar surface area (TPSA) is 82.5 Å². The quantitative estimate of drug-likeness (QED) is 0.730. The minimum atomic E-state index is -0.923. The van der Waals surface area contributed by atoms with Crippen molar-refractivity contribution in [2.45, 2.75) is 19.2 Å². The van der Waals surface area contributed by atoms with Crippen LogP contribution in [0.1, 0.15) is 11.1 Å². The van der Waals surface area contributed by atoms with Crippen molar-refractivity contribution < 1.29 is 24.5 Å². The molecule has 2 N–H and O–H groups in total. The van der Waals surface area contributed by atoms with E-state index in [0.717, 1.165) is 11.1 Å². The summed E-state index contributed by atoms with van der Waals surface area (Å²) < 4.78 is 11.5. The van der Waals surface area contributed by atoms with Gasteiger partial charge in [0.25, 0.3) is 0 Å². The van der Waals surface area contributed by atoms with Crippen LogP contribution in [0.15, 0.2) is 24.3 Å². The normalized spacial score (nSPS) is 18.9. The van der Waals surface area contributed by atoms with Gasteiger partial charge in [0, 0.05) is 50.0 Å². The summed E-state index contributed by atoms with van der Waals surface area (Å²) in [6, 6.07) is 6.81. The van der Waals surface area contributed by atoms with E-state index in [4.69, 9.17) is 32.7 Å². The first-order valence-electron chi connectivity index (χ1n) is 9.56. The second kappa shape index (κ2) is 8.51. The zero-order valence-corrected chi connectivity index (χ0v) is 17.9. The Kier molecular flexibility index (Phi) is 5.97. The van der Waals surface area contributed by atoms with Gasteiger partial charge >= 0.3 is 6.09 Å². The van der Waals surface area contributed by atoms with Crippen LogP contribution < -0.4 is 4.74 Å². The number of fused-ring (bicyclic) bond motifs is 2. The summed E-state index contributed by atoms with van der Waals surface area (Å²) in [6.45, 7) is 2.62. The predicted octanol–water partition coefficient (Wildman–Crippen LogP) is 4.07. The molecule has 1 fully saturated rings. The average molecular weight is 453 g/mol. The highest BCUT2D eigenvalue weighted by Gasteiger charge is 2.34. The molecule has 2 aliphatic heterocycles. The number of carbonyl (C=O) groups is 1. The van der Waals surface area contributed by atoms with Crippen LogP contribution in [0.3, 0.4) is 0 Å². The maximum absolute atomic E-state index is 11.4. The minimum absolute atomic E-state index is 0.0184. The maximum Gasteiger partial charge on any atom is 0.407 e. The fourth-order valence-corrected chi connectivity index (χ4v) is 4.80. The highest BCUT2D eigenvalue weighted by molar-refractivity contribution is 6.38. The van der Waals surface area contributed by atoms with Crippen LogP contribution >= 0.6 is 23.2 Å². The minimum Gasteiger partial charge on any atom is -0.507 e. The Morgan fingerprint density at radius 2 is 2.10 bits per heavy atom. The molecule has 2 aromatic carbocycles. The Bertz CT molecular complexity index is 964. The summed E-state index contributed by atoms with van der Waals surface area (Å²) in [5.41, 5.74) is 2.69. The molecular formula is C21H22Cl2N2O5. The van der Waals surface area contributed by atoms with Crippen molar-refractivity contribution in [3.63, 3.8) is 0 Å². The number of aromatic hydroxyl groups is 1. The molecule has 2 aromatic rings. The molecule has 4 rings (SSSR count). The molecule has 7 nitrogen and oxygen atoms in total. The van der Waals surface area contributed by atoms with Gasteiger partial charge in [-0.3, -0.25) is 4.90 Å². The molecule has 1 saturated heterocycles. The summed E-state index contributed by atoms with van der Waals surface area (Å²) >= 11 is 13.2. The van der Waals surface area contributed by atoms with Crippen molar-refractivity contribution in [2.24, 2.45) is 0 Å². The molecule has 160 valence electrons. The van der Waals surface area contributed by atoms with Crippen LogP contribution in [0, 0.1) is 0 Å². The Hall–Kier alpha value is -2.19. The number of phenolic OH excluding ortho intramolecular Hbond substituents is 1. The molecule has 0 saturated carbocycles. The van der Waals surface area contributed by atoms with Crippen molar-refractivity contribution in [1.29, 1.82) is 0 Å². The first kappa shape index (κ1) is 21.1. The molecule has 2 aliphatic rings. The number of halogens is 2. The zero-order chi connectivity index (χ0) is 21.4. The number of phenols is 1. The summed E-state index contributed by atoms with van der Waals surface area (Å²) in [6.07, 6.45) is -0.923. The van der Waals surface area contributed by atoms with Gasteiger partial charge in [0.05, 0.1) is 22.7 Å². The molecule has 0 bridgehead atoms. The highest BCUT2D eigenvalue weighted by Crippen LogP contribution is 2.47. The summed E-state index contributed by atoms with van der Waals surface area (Å²) in [7, 11) is 1.59. The Morgan fingerprint density at radius 1 is 1.30 bits per heavy atom. The van der Waals surface area contributed by atoms with Gasteiger partial charge in [-0.25, -0.2) is 4.79 Å². The van der Waals surface area contributed by atoms with Gasteiger partial charge in [-0.2, -0.15) is 0 Å². The fourth-order valence-electron chi connectivity index (χ4n) is 4.15. The van der Waals surface area contributed by atoms with Gasteiger partial charge < -0.3 is 24.6 Å². The first-order chi connectivity index (χ1) is 14.4. The number of rotatable bonds is 3. The molecule has 0 spiro atoms. The van der Waals surface area contributed by atoms with Crippen LogP contribution in [-0.4, -0.2) is 65.5 Å². The van der Waals surface area contributed by atoms with E-state index in [1.54, 1.807) is 25.3 Å². The van der Waals surface area contributed by atoms with Gasteiger partial charge in [0.1, 0.15) is 18.1 Å². The monoisotopic (exact) mass is 452 g/mol. The summed E-state index contributed by atoms with van der Waals surface area (Å²) in [4.78, 5) is 15.0. The number of carboxylic acid groups (broad SMARTS) is 1. The Morgan fingerprint density at radius 3 is 2.80 bits per heavy atom. The predicted molar refractivity (Wildman–Crippen MR) is 114 cm³/mol. The molecule has 2 heterocycles. The van der Waals surface area contributed by atoms with Crippen molar-refractivity contribution in [2.75, 3.05) is 33.4 Å². The standard InChI is InChI=1S/C21H22Cl2N2O5/c1-29-10-13-7-12-8-24-5-6-25(21(27)28)9-14(24)11-30-20(12)19(23)17(13)18-15(22)3-2-4-16(18)26/h2-4,7,14,26H,5-6,8-11H2,1H3,(H,27,28)/t14-/m1/s1. The van der Waals surface area contributed by atoms with Crippen LogP contribution in [0.25, 0.3) is 11.1 Å². The lowest BCUT2D eigenvalue weighted by molar-refractivity contribution is 0.0503.